The van der Waals surface area contributed by atoms with Crippen LogP contribution in [0.25, 0.3) is 0 Å². The molecule has 0 aliphatic rings. The molecule has 0 aliphatic heterocycles. The first-order valence-electron chi connectivity index (χ1n) is 4.54. The zero-order chi connectivity index (χ0) is 11.3. The molecule has 3 N–H and O–H groups in total. The zero-order valence-corrected chi connectivity index (χ0v) is 10.3. The summed E-state index contributed by atoms with van der Waals surface area (Å²) in [6.45, 7) is 5.23. The predicted octanol–water partition coefficient (Wildman–Crippen LogP) is 0.0692. The number of amides is 1. The molecule has 0 bridgehead atoms. The molecule has 0 aliphatic carbocycles. The summed E-state index contributed by atoms with van der Waals surface area (Å²) < 4.78 is 4.46. The van der Waals surface area contributed by atoms with Crippen LogP contribution in [0.15, 0.2) is 0 Å². The average Bonchev–Trinajstić information content (AvgIpc) is 2.14. The summed E-state index contributed by atoms with van der Waals surface area (Å²) in [5.41, 5.74) is 5.59. The molecule has 2 atom stereocenters. The van der Waals surface area contributed by atoms with Gasteiger partial charge in [0.2, 0.25) is 5.91 Å². The van der Waals surface area contributed by atoms with Crippen molar-refractivity contribution in [1.82, 2.24) is 5.32 Å². The summed E-state index contributed by atoms with van der Waals surface area (Å²) in [6.07, 6.45) is 0. The topological polar surface area (TPSA) is 81.4 Å². The van der Waals surface area contributed by atoms with Crippen LogP contribution in [0.3, 0.4) is 0 Å². The molecule has 6 heteroatoms. The zero-order valence-electron chi connectivity index (χ0n) is 9.44. The molecule has 0 radical (unpaired) electrons. The van der Waals surface area contributed by atoms with Crippen molar-refractivity contribution in [2.75, 3.05) is 7.11 Å². The maximum atomic E-state index is 11.4. The van der Waals surface area contributed by atoms with Crippen molar-refractivity contribution in [2.45, 2.75) is 32.9 Å². The van der Waals surface area contributed by atoms with Crippen molar-refractivity contribution in [3.63, 3.8) is 0 Å². The third-order valence-electron chi connectivity index (χ3n) is 1.93. The Balaban J connectivity index is 0. The molecule has 0 unspecified atom stereocenters. The molecule has 0 aromatic carbocycles. The fourth-order valence-electron chi connectivity index (χ4n) is 0.848. The van der Waals surface area contributed by atoms with E-state index in [0.29, 0.717) is 0 Å². The van der Waals surface area contributed by atoms with Crippen molar-refractivity contribution < 1.29 is 14.3 Å². The lowest BCUT2D eigenvalue weighted by Gasteiger charge is -2.18. The van der Waals surface area contributed by atoms with Gasteiger partial charge in [-0.2, -0.15) is 0 Å². The summed E-state index contributed by atoms with van der Waals surface area (Å²) in [6, 6.07) is -1.25. The largest absolute Gasteiger partial charge is 0.467 e. The van der Waals surface area contributed by atoms with Crippen molar-refractivity contribution in [2.24, 2.45) is 11.7 Å². The Labute approximate surface area is 96.1 Å². The van der Waals surface area contributed by atoms with E-state index in [1.54, 1.807) is 6.92 Å². The fourth-order valence-corrected chi connectivity index (χ4v) is 0.848. The number of nitrogens with one attached hydrogen (secondary N) is 1. The van der Waals surface area contributed by atoms with Gasteiger partial charge in [0.15, 0.2) is 0 Å². The maximum Gasteiger partial charge on any atom is 0.328 e. The Kier molecular flexibility index (Phi) is 8.28. The van der Waals surface area contributed by atoms with E-state index in [2.05, 4.69) is 10.1 Å². The minimum absolute atomic E-state index is 0. The average molecular weight is 239 g/mol. The molecule has 15 heavy (non-hydrogen) atoms. The molecule has 0 heterocycles. The van der Waals surface area contributed by atoms with Crippen LogP contribution in [-0.2, 0) is 14.3 Å². The minimum Gasteiger partial charge on any atom is -0.467 e. The highest BCUT2D eigenvalue weighted by molar-refractivity contribution is 5.87. The van der Waals surface area contributed by atoms with Crippen LogP contribution >= 0.6 is 12.4 Å². The number of ether oxygens (including phenoxy) is 1. The smallest absolute Gasteiger partial charge is 0.328 e. The summed E-state index contributed by atoms with van der Waals surface area (Å²) in [5.74, 6) is -0.771. The summed E-state index contributed by atoms with van der Waals surface area (Å²) in [7, 11) is 1.27. The number of carbonyl (C=O) groups excluding carboxylic acids is 2. The minimum atomic E-state index is -0.655. The second-order valence-electron chi connectivity index (χ2n) is 3.52. The molecule has 0 aromatic rings. The van der Waals surface area contributed by atoms with E-state index in [1.807, 2.05) is 13.8 Å². The summed E-state index contributed by atoms with van der Waals surface area (Å²) in [5, 5.41) is 2.47. The van der Waals surface area contributed by atoms with Gasteiger partial charge in [0.25, 0.3) is 0 Å². The maximum absolute atomic E-state index is 11.4. The number of esters is 1. The summed E-state index contributed by atoms with van der Waals surface area (Å²) >= 11 is 0. The lowest BCUT2D eigenvalue weighted by atomic mass is 10.0. The molecule has 0 saturated heterocycles. The van der Waals surface area contributed by atoms with Gasteiger partial charge in [-0.05, 0) is 12.8 Å². The van der Waals surface area contributed by atoms with Gasteiger partial charge >= 0.3 is 5.97 Å². The number of carbonyl (C=O) groups is 2. The first kappa shape index (κ1) is 16.6. The lowest BCUT2D eigenvalue weighted by Crippen LogP contribution is -2.49. The van der Waals surface area contributed by atoms with E-state index in [1.165, 1.54) is 7.11 Å². The molecule has 0 aromatic heterocycles. The van der Waals surface area contributed by atoms with Gasteiger partial charge in [-0.25, -0.2) is 4.79 Å². The van der Waals surface area contributed by atoms with Crippen LogP contribution in [0, 0.1) is 5.92 Å². The highest BCUT2D eigenvalue weighted by Gasteiger charge is 2.22. The number of hydrogen-bond acceptors (Lipinski definition) is 4. The molecule has 0 rings (SSSR count). The lowest BCUT2D eigenvalue weighted by molar-refractivity contribution is -0.144. The van der Waals surface area contributed by atoms with E-state index < -0.39 is 18.1 Å². The third-order valence-corrected chi connectivity index (χ3v) is 1.93. The van der Waals surface area contributed by atoms with Crippen molar-refractivity contribution in [1.29, 1.82) is 0 Å². The molecule has 0 spiro atoms. The van der Waals surface area contributed by atoms with Crippen LogP contribution in [0.4, 0.5) is 0 Å². The summed E-state index contributed by atoms with van der Waals surface area (Å²) in [4.78, 5) is 22.3. The number of hydrogen-bond donors (Lipinski definition) is 2. The van der Waals surface area contributed by atoms with Gasteiger partial charge < -0.3 is 15.8 Å². The molecule has 1 amide bonds. The van der Waals surface area contributed by atoms with Crippen LogP contribution < -0.4 is 11.1 Å². The van der Waals surface area contributed by atoms with Crippen molar-refractivity contribution in [3.05, 3.63) is 0 Å². The van der Waals surface area contributed by atoms with Crippen molar-refractivity contribution >= 4 is 24.3 Å². The molecular weight excluding hydrogens is 220 g/mol. The van der Waals surface area contributed by atoms with E-state index in [4.69, 9.17) is 5.73 Å². The van der Waals surface area contributed by atoms with Crippen LogP contribution in [0.1, 0.15) is 20.8 Å². The van der Waals surface area contributed by atoms with E-state index >= 15 is 0 Å². The Morgan fingerprint density at radius 1 is 1.27 bits per heavy atom. The molecule has 0 saturated carbocycles. The number of rotatable bonds is 4. The Morgan fingerprint density at radius 3 is 2.07 bits per heavy atom. The van der Waals surface area contributed by atoms with Gasteiger partial charge in [0.1, 0.15) is 6.04 Å². The molecule has 5 nitrogen and oxygen atoms in total. The van der Waals surface area contributed by atoms with Gasteiger partial charge in [0.05, 0.1) is 13.2 Å². The van der Waals surface area contributed by atoms with Crippen LogP contribution in [0.5, 0.6) is 0 Å². The number of nitrogens with two attached hydrogens (primary N) is 1. The van der Waals surface area contributed by atoms with Gasteiger partial charge in [-0.15, -0.1) is 12.4 Å². The second-order valence-corrected chi connectivity index (χ2v) is 3.52. The van der Waals surface area contributed by atoms with Crippen LogP contribution in [-0.4, -0.2) is 31.1 Å². The predicted molar refractivity (Wildman–Crippen MR) is 59.7 cm³/mol. The SMILES string of the molecule is COC(=O)[C@H](C)NC(=O)[C@@H](N)C(C)C.Cl. The number of methoxy groups -OCH3 is 1. The normalized spacial score (nSPS) is 13.7. The second kappa shape index (κ2) is 7.48. The van der Waals surface area contributed by atoms with Gasteiger partial charge in [-0.1, -0.05) is 13.8 Å². The van der Waals surface area contributed by atoms with Crippen LogP contribution in [0.2, 0.25) is 0 Å². The Hall–Kier alpha value is -0.810. The Morgan fingerprint density at radius 2 is 1.73 bits per heavy atom. The highest BCUT2D eigenvalue weighted by Crippen LogP contribution is 1.98. The molecule has 90 valence electrons. The highest BCUT2D eigenvalue weighted by atomic mass is 35.5. The monoisotopic (exact) mass is 238 g/mol. The quantitative estimate of drug-likeness (QED) is 0.679. The Bertz CT molecular complexity index is 221. The standard InChI is InChI=1S/C9H18N2O3.ClH/c1-5(2)7(10)8(12)11-6(3)9(13)14-4;/h5-7H,10H2,1-4H3,(H,11,12);1H/t6-,7-;/m0./s1. The number of halogens is 1. The molecule has 0 fully saturated rings. The first-order chi connectivity index (χ1) is 6.40. The third kappa shape index (κ3) is 5.59. The van der Waals surface area contributed by atoms with Gasteiger partial charge in [0, 0.05) is 0 Å². The molecular formula is C9H19ClN2O3. The van der Waals surface area contributed by atoms with Gasteiger partial charge in [-0.3, -0.25) is 4.79 Å². The van der Waals surface area contributed by atoms with Crippen molar-refractivity contribution in [3.8, 4) is 0 Å². The van der Waals surface area contributed by atoms with E-state index in [0.717, 1.165) is 0 Å². The first-order valence-corrected chi connectivity index (χ1v) is 4.54. The van der Waals surface area contributed by atoms with E-state index in [9.17, 15) is 9.59 Å². The van der Waals surface area contributed by atoms with E-state index in [-0.39, 0.29) is 24.2 Å². The fraction of sp³-hybridized carbons (Fsp3) is 0.778.